The number of aromatic hydroxyl groups is 1. The van der Waals surface area contributed by atoms with Crippen LogP contribution in [0.3, 0.4) is 0 Å². The number of rotatable bonds is 3. The molecule has 1 aliphatic carbocycles. The lowest BCUT2D eigenvalue weighted by Gasteiger charge is -2.42. The van der Waals surface area contributed by atoms with Crippen LogP contribution in [0.25, 0.3) is 0 Å². The third-order valence-electron chi connectivity index (χ3n) is 5.86. The van der Waals surface area contributed by atoms with Gasteiger partial charge >= 0.3 is 0 Å². The number of carbonyl (C=O) groups is 2. The standard InChI is InChI=1S/C23H18Cl2FNO3/c1-3-14-10-11-22(24)20(29)27(17-7-5-16(26)6-8-17)21(30)23(22,25)19(14)15-4-9-18(28)13(2)12-15/h3-10,12,19,28H,1,11H2,2H3/t19-,22-,23+/m1/s1. The van der Waals surface area contributed by atoms with Crippen molar-refractivity contribution in [2.24, 2.45) is 0 Å². The number of carbonyl (C=O) groups excluding carboxylic acids is 2. The second kappa shape index (κ2) is 6.96. The highest BCUT2D eigenvalue weighted by Crippen LogP contribution is 2.59. The highest BCUT2D eigenvalue weighted by atomic mass is 35.5. The number of nitrogens with zero attached hydrogens (tertiary/aromatic N) is 1. The fourth-order valence-electron chi connectivity index (χ4n) is 4.26. The summed E-state index contributed by atoms with van der Waals surface area (Å²) in [5.41, 5.74) is 2.07. The number of anilines is 1. The van der Waals surface area contributed by atoms with Crippen molar-refractivity contribution in [3.8, 4) is 5.75 Å². The van der Waals surface area contributed by atoms with Crippen molar-refractivity contribution < 1.29 is 19.1 Å². The van der Waals surface area contributed by atoms with E-state index in [0.717, 1.165) is 17.0 Å². The van der Waals surface area contributed by atoms with Crippen molar-refractivity contribution >= 4 is 40.7 Å². The smallest absolute Gasteiger partial charge is 0.258 e. The maximum Gasteiger partial charge on any atom is 0.258 e. The highest BCUT2D eigenvalue weighted by molar-refractivity contribution is 6.58. The van der Waals surface area contributed by atoms with Crippen LogP contribution in [0.1, 0.15) is 23.5 Å². The summed E-state index contributed by atoms with van der Waals surface area (Å²) in [4.78, 5) is 24.4. The number of hydrogen-bond acceptors (Lipinski definition) is 3. The van der Waals surface area contributed by atoms with E-state index in [2.05, 4.69) is 6.58 Å². The van der Waals surface area contributed by atoms with E-state index >= 15 is 0 Å². The van der Waals surface area contributed by atoms with Gasteiger partial charge in [0.25, 0.3) is 11.8 Å². The van der Waals surface area contributed by atoms with Gasteiger partial charge in [0.15, 0.2) is 9.75 Å². The Hall–Kier alpha value is -2.63. The molecule has 2 aliphatic rings. The summed E-state index contributed by atoms with van der Waals surface area (Å²) >= 11 is 13.9. The monoisotopic (exact) mass is 445 g/mol. The Morgan fingerprint density at radius 2 is 1.83 bits per heavy atom. The van der Waals surface area contributed by atoms with E-state index < -0.39 is 33.3 Å². The van der Waals surface area contributed by atoms with E-state index in [1.807, 2.05) is 0 Å². The highest BCUT2D eigenvalue weighted by Gasteiger charge is 2.73. The first-order chi connectivity index (χ1) is 14.1. The van der Waals surface area contributed by atoms with Gasteiger partial charge in [0.1, 0.15) is 11.6 Å². The number of phenols is 1. The Kier molecular flexibility index (Phi) is 4.79. The number of benzene rings is 2. The lowest BCUT2D eigenvalue weighted by Crippen LogP contribution is -2.54. The van der Waals surface area contributed by atoms with Crippen molar-refractivity contribution in [2.45, 2.75) is 29.0 Å². The van der Waals surface area contributed by atoms with Crippen LogP contribution in [-0.2, 0) is 9.59 Å². The zero-order chi connectivity index (χ0) is 21.8. The summed E-state index contributed by atoms with van der Waals surface area (Å²) in [6, 6.07) is 9.86. The molecule has 2 amide bonds. The van der Waals surface area contributed by atoms with Crippen LogP contribution in [0.2, 0.25) is 0 Å². The predicted molar refractivity (Wildman–Crippen MR) is 115 cm³/mol. The van der Waals surface area contributed by atoms with Crippen LogP contribution < -0.4 is 4.90 Å². The van der Waals surface area contributed by atoms with Crippen LogP contribution >= 0.6 is 23.2 Å². The molecule has 1 aliphatic heterocycles. The number of halogens is 3. The molecular formula is C23H18Cl2FNO3. The summed E-state index contributed by atoms with van der Waals surface area (Å²) in [5, 5.41) is 9.92. The van der Waals surface area contributed by atoms with Gasteiger partial charge in [-0.15, -0.1) is 23.2 Å². The molecule has 0 aromatic heterocycles. The number of alkyl halides is 2. The van der Waals surface area contributed by atoms with Gasteiger partial charge in [0.05, 0.1) is 5.69 Å². The van der Waals surface area contributed by atoms with Gasteiger partial charge in [0.2, 0.25) is 0 Å². The predicted octanol–water partition coefficient (Wildman–Crippen LogP) is 4.97. The van der Waals surface area contributed by atoms with Gasteiger partial charge in [-0.25, -0.2) is 9.29 Å². The molecule has 1 saturated heterocycles. The lowest BCUT2D eigenvalue weighted by molar-refractivity contribution is -0.122. The van der Waals surface area contributed by atoms with Crippen LogP contribution in [0.4, 0.5) is 10.1 Å². The summed E-state index contributed by atoms with van der Waals surface area (Å²) in [7, 11) is 0. The molecule has 2 aromatic rings. The number of amides is 2. The molecule has 7 heteroatoms. The maximum absolute atomic E-state index is 13.6. The molecule has 4 nitrogen and oxygen atoms in total. The SMILES string of the molecule is C=CC1=CC[C@@]2(Cl)C(=O)N(c3ccc(F)cc3)C(=O)[C@@]2(Cl)[C@H]1c1ccc(O)c(C)c1. The topological polar surface area (TPSA) is 57.6 Å². The van der Waals surface area contributed by atoms with E-state index in [-0.39, 0.29) is 17.9 Å². The molecule has 0 saturated carbocycles. The Morgan fingerprint density at radius 3 is 2.43 bits per heavy atom. The van der Waals surface area contributed by atoms with Crippen LogP contribution in [0, 0.1) is 12.7 Å². The molecule has 3 atom stereocenters. The summed E-state index contributed by atoms with van der Waals surface area (Å²) in [6.45, 7) is 5.55. The summed E-state index contributed by atoms with van der Waals surface area (Å²) in [6.07, 6.45) is 3.38. The second-order valence-corrected chi connectivity index (χ2v) is 8.77. The van der Waals surface area contributed by atoms with Gasteiger partial charge in [-0.05, 0) is 60.4 Å². The Bertz CT molecular complexity index is 1110. The average Bonchev–Trinajstić information content (AvgIpc) is 2.88. The summed E-state index contributed by atoms with van der Waals surface area (Å²) in [5.74, 6) is -2.51. The first-order valence-corrected chi connectivity index (χ1v) is 10.0. The number of phenolic OH excluding ortho intramolecular Hbond substituents is 1. The third-order valence-corrected chi connectivity index (χ3v) is 7.27. The molecule has 0 spiro atoms. The molecule has 0 bridgehead atoms. The summed E-state index contributed by atoms with van der Waals surface area (Å²) < 4.78 is 13.4. The molecule has 1 fully saturated rings. The molecule has 4 rings (SSSR count). The second-order valence-electron chi connectivity index (χ2n) is 7.53. The number of hydrogen-bond donors (Lipinski definition) is 1. The largest absolute Gasteiger partial charge is 0.508 e. The molecule has 154 valence electrons. The third kappa shape index (κ3) is 2.65. The first-order valence-electron chi connectivity index (χ1n) is 9.29. The van der Waals surface area contributed by atoms with Crippen molar-refractivity contribution in [3.05, 3.63) is 83.7 Å². The van der Waals surface area contributed by atoms with E-state index in [9.17, 15) is 19.1 Å². The van der Waals surface area contributed by atoms with Crippen LogP contribution in [0.15, 0.2) is 66.8 Å². The number of fused-ring (bicyclic) bond motifs is 1. The number of aryl methyl sites for hydroxylation is 1. The number of allylic oxidation sites excluding steroid dienone is 3. The Balaban J connectivity index is 1.92. The fraction of sp³-hybridized carbons (Fsp3) is 0.217. The molecule has 2 aromatic carbocycles. The van der Waals surface area contributed by atoms with E-state index in [4.69, 9.17) is 23.2 Å². The maximum atomic E-state index is 13.6. The minimum absolute atomic E-state index is 0.0369. The molecule has 1 N–H and O–H groups in total. The normalized spacial score (nSPS) is 28.3. The van der Waals surface area contributed by atoms with E-state index in [1.54, 1.807) is 31.2 Å². The van der Waals surface area contributed by atoms with Gasteiger partial charge in [-0.3, -0.25) is 9.59 Å². The van der Waals surface area contributed by atoms with Crippen LogP contribution in [-0.4, -0.2) is 26.7 Å². The zero-order valence-corrected chi connectivity index (χ0v) is 17.5. The Morgan fingerprint density at radius 1 is 1.17 bits per heavy atom. The molecule has 0 radical (unpaired) electrons. The lowest BCUT2D eigenvalue weighted by atomic mass is 9.68. The van der Waals surface area contributed by atoms with Crippen molar-refractivity contribution in [3.63, 3.8) is 0 Å². The van der Waals surface area contributed by atoms with E-state index in [0.29, 0.717) is 16.7 Å². The molecule has 1 heterocycles. The van der Waals surface area contributed by atoms with Gasteiger partial charge in [0, 0.05) is 5.92 Å². The minimum atomic E-state index is -1.83. The fourth-order valence-corrected chi connectivity index (χ4v) is 5.10. The van der Waals surface area contributed by atoms with Crippen molar-refractivity contribution in [1.82, 2.24) is 0 Å². The molecule has 30 heavy (non-hydrogen) atoms. The molecular weight excluding hydrogens is 428 g/mol. The Labute approximate surface area is 183 Å². The van der Waals surface area contributed by atoms with Gasteiger partial charge in [-0.1, -0.05) is 30.9 Å². The van der Waals surface area contributed by atoms with E-state index in [1.165, 1.54) is 18.2 Å². The quantitative estimate of drug-likeness (QED) is 0.535. The van der Waals surface area contributed by atoms with Crippen LogP contribution in [0.5, 0.6) is 5.75 Å². The van der Waals surface area contributed by atoms with Crippen molar-refractivity contribution in [1.29, 1.82) is 0 Å². The minimum Gasteiger partial charge on any atom is -0.508 e. The first kappa shape index (κ1) is 20.6. The zero-order valence-electron chi connectivity index (χ0n) is 16.0. The molecule has 0 unspecified atom stereocenters. The van der Waals surface area contributed by atoms with Crippen molar-refractivity contribution in [2.75, 3.05) is 4.90 Å². The average molecular weight is 446 g/mol. The van der Waals surface area contributed by atoms with Gasteiger partial charge in [-0.2, -0.15) is 0 Å². The number of imide groups is 1. The van der Waals surface area contributed by atoms with Gasteiger partial charge < -0.3 is 5.11 Å².